The van der Waals surface area contributed by atoms with Crippen LogP contribution in [0, 0.1) is 0 Å². The van der Waals surface area contributed by atoms with Crippen LogP contribution in [0.4, 0.5) is 5.69 Å². The smallest absolute Gasteiger partial charge is 0.308 e. The third-order valence-electron chi connectivity index (χ3n) is 2.77. The summed E-state index contributed by atoms with van der Waals surface area (Å²) in [5, 5.41) is 5.81. The maximum Gasteiger partial charge on any atom is 0.308 e. The van der Waals surface area contributed by atoms with Crippen LogP contribution in [0.15, 0.2) is 24.3 Å². The van der Waals surface area contributed by atoms with Crippen molar-refractivity contribution in [2.75, 3.05) is 32.6 Å². The molecule has 0 aromatic heterocycles. The third-order valence-corrected chi connectivity index (χ3v) is 2.77. The van der Waals surface area contributed by atoms with Gasteiger partial charge >= 0.3 is 5.97 Å². The van der Waals surface area contributed by atoms with E-state index in [0.29, 0.717) is 12.2 Å². The summed E-state index contributed by atoms with van der Waals surface area (Å²) in [6.07, 6.45) is 1.50. The Bertz CT molecular complexity index is 445. The van der Waals surface area contributed by atoms with Crippen LogP contribution in [-0.2, 0) is 14.3 Å². The molecule has 2 N–H and O–H groups in total. The first-order chi connectivity index (χ1) is 10.2. The quantitative estimate of drug-likeness (QED) is 0.534. The molecule has 1 aromatic rings. The molecule has 0 aliphatic carbocycles. The average Bonchev–Trinajstić information content (AvgIpc) is 2.49. The summed E-state index contributed by atoms with van der Waals surface area (Å²) in [6, 6.07) is 7.04. The van der Waals surface area contributed by atoms with E-state index in [1.807, 2.05) is 7.05 Å². The van der Waals surface area contributed by atoms with E-state index in [1.54, 1.807) is 24.3 Å². The van der Waals surface area contributed by atoms with Gasteiger partial charge in [0, 0.05) is 12.1 Å². The minimum atomic E-state index is -0.305. The molecule has 6 heteroatoms. The molecule has 0 aliphatic heterocycles. The van der Waals surface area contributed by atoms with Crippen LogP contribution < -0.4 is 15.4 Å². The Morgan fingerprint density at radius 2 is 1.86 bits per heavy atom. The lowest BCUT2D eigenvalue weighted by atomic mass is 10.2. The lowest BCUT2D eigenvalue weighted by molar-refractivity contribution is -0.141. The molecular weight excluding hydrogens is 272 g/mol. The second-order valence-electron chi connectivity index (χ2n) is 4.45. The molecule has 0 fully saturated rings. The molecule has 116 valence electrons. The molecule has 0 saturated carbocycles. The van der Waals surface area contributed by atoms with E-state index in [2.05, 4.69) is 15.4 Å². The molecule has 0 bridgehead atoms. The Hall–Kier alpha value is -2.08. The number of rotatable bonds is 9. The second kappa shape index (κ2) is 9.77. The number of carbonyl (C=O) groups is 2. The van der Waals surface area contributed by atoms with Crippen molar-refractivity contribution in [1.29, 1.82) is 0 Å². The first-order valence-corrected chi connectivity index (χ1v) is 6.90. The lowest BCUT2D eigenvalue weighted by Crippen LogP contribution is -2.15. The highest BCUT2D eigenvalue weighted by atomic mass is 16.5. The summed E-state index contributed by atoms with van der Waals surface area (Å²) in [4.78, 5) is 22.6. The van der Waals surface area contributed by atoms with E-state index in [4.69, 9.17) is 4.74 Å². The van der Waals surface area contributed by atoms with Gasteiger partial charge in [0.25, 0.3) is 0 Å². The summed E-state index contributed by atoms with van der Waals surface area (Å²) in [7, 11) is 3.20. The van der Waals surface area contributed by atoms with Crippen LogP contribution in [0.5, 0.6) is 5.75 Å². The topological polar surface area (TPSA) is 76.7 Å². The number of amides is 1. The minimum Gasteiger partial charge on any atom is -0.493 e. The van der Waals surface area contributed by atoms with Crippen molar-refractivity contribution in [1.82, 2.24) is 5.32 Å². The first-order valence-electron chi connectivity index (χ1n) is 6.90. The molecule has 1 amide bonds. The predicted molar refractivity (Wildman–Crippen MR) is 80.4 cm³/mol. The van der Waals surface area contributed by atoms with Gasteiger partial charge in [0.15, 0.2) is 0 Å². The molecular formula is C15H22N2O4. The first kappa shape index (κ1) is 17.0. The SMILES string of the molecule is CNCCCC(=O)Nc1ccc(OCCC(=O)OC)cc1. The van der Waals surface area contributed by atoms with Crippen LogP contribution in [0.1, 0.15) is 19.3 Å². The van der Waals surface area contributed by atoms with Crippen molar-refractivity contribution in [2.45, 2.75) is 19.3 Å². The standard InChI is InChI=1S/C15H22N2O4/c1-16-10-3-4-14(18)17-12-5-7-13(8-6-12)21-11-9-15(19)20-2/h5-8,16H,3-4,9-11H2,1-2H3,(H,17,18). The monoisotopic (exact) mass is 294 g/mol. The maximum absolute atomic E-state index is 11.6. The van der Waals surface area contributed by atoms with Crippen molar-refractivity contribution in [3.63, 3.8) is 0 Å². The van der Waals surface area contributed by atoms with Crippen LogP contribution in [0.3, 0.4) is 0 Å². The lowest BCUT2D eigenvalue weighted by Gasteiger charge is -2.08. The molecule has 6 nitrogen and oxygen atoms in total. The number of ether oxygens (including phenoxy) is 2. The summed E-state index contributed by atoms with van der Waals surface area (Å²) < 4.78 is 9.92. The number of anilines is 1. The molecule has 0 atom stereocenters. The van der Waals surface area contributed by atoms with E-state index < -0.39 is 0 Å². The highest BCUT2D eigenvalue weighted by molar-refractivity contribution is 5.90. The highest BCUT2D eigenvalue weighted by Crippen LogP contribution is 2.16. The average molecular weight is 294 g/mol. The summed E-state index contributed by atoms with van der Waals surface area (Å²) >= 11 is 0. The summed E-state index contributed by atoms with van der Waals surface area (Å²) in [6.45, 7) is 1.09. The van der Waals surface area contributed by atoms with Crippen LogP contribution in [0.25, 0.3) is 0 Å². The molecule has 1 rings (SSSR count). The number of benzene rings is 1. The fourth-order valence-electron chi connectivity index (χ4n) is 1.64. The van der Waals surface area contributed by atoms with Crippen LogP contribution >= 0.6 is 0 Å². The van der Waals surface area contributed by atoms with Gasteiger partial charge in [0.05, 0.1) is 20.1 Å². The molecule has 0 saturated heterocycles. The number of nitrogens with one attached hydrogen (secondary N) is 2. The van der Waals surface area contributed by atoms with Crippen molar-refractivity contribution in [2.24, 2.45) is 0 Å². The molecule has 0 aliphatic rings. The predicted octanol–water partition coefficient (Wildman–Crippen LogP) is 1.57. The van der Waals surface area contributed by atoms with Gasteiger partial charge in [-0.05, 0) is 44.3 Å². The van der Waals surface area contributed by atoms with Gasteiger partial charge in [-0.15, -0.1) is 0 Å². The molecule has 1 aromatic carbocycles. The fraction of sp³-hybridized carbons (Fsp3) is 0.467. The van der Waals surface area contributed by atoms with E-state index in [1.165, 1.54) is 7.11 Å². The highest BCUT2D eigenvalue weighted by Gasteiger charge is 2.03. The summed E-state index contributed by atoms with van der Waals surface area (Å²) in [5.41, 5.74) is 0.727. The third kappa shape index (κ3) is 7.31. The zero-order valence-corrected chi connectivity index (χ0v) is 12.5. The number of carbonyl (C=O) groups excluding carboxylic acids is 2. The number of methoxy groups -OCH3 is 1. The Labute approximate surface area is 124 Å². The Morgan fingerprint density at radius 1 is 1.14 bits per heavy atom. The number of esters is 1. The van der Waals surface area contributed by atoms with Crippen LogP contribution in [-0.4, -0.2) is 39.2 Å². The zero-order valence-electron chi connectivity index (χ0n) is 12.5. The Balaban J connectivity index is 2.32. The molecule has 21 heavy (non-hydrogen) atoms. The number of hydrogen-bond donors (Lipinski definition) is 2. The largest absolute Gasteiger partial charge is 0.493 e. The zero-order chi connectivity index (χ0) is 15.5. The van der Waals surface area contributed by atoms with Gasteiger partial charge in [-0.3, -0.25) is 9.59 Å². The van der Waals surface area contributed by atoms with Gasteiger partial charge in [0.2, 0.25) is 5.91 Å². The maximum atomic E-state index is 11.6. The normalized spacial score (nSPS) is 10.0. The molecule has 0 radical (unpaired) electrons. The van der Waals surface area contributed by atoms with E-state index in [9.17, 15) is 9.59 Å². The van der Waals surface area contributed by atoms with Gasteiger partial charge in [-0.2, -0.15) is 0 Å². The van der Waals surface area contributed by atoms with Crippen molar-refractivity contribution >= 4 is 17.6 Å². The molecule has 0 heterocycles. The summed E-state index contributed by atoms with van der Waals surface area (Å²) in [5.74, 6) is 0.331. The van der Waals surface area contributed by atoms with Gasteiger partial charge in [-0.25, -0.2) is 0 Å². The van der Waals surface area contributed by atoms with E-state index in [-0.39, 0.29) is 24.9 Å². The molecule has 0 unspecified atom stereocenters. The Kier molecular flexibility index (Phi) is 7.89. The van der Waals surface area contributed by atoms with Crippen molar-refractivity contribution < 1.29 is 19.1 Å². The van der Waals surface area contributed by atoms with Gasteiger partial charge in [0.1, 0.15) is 5.75 Å². The van der Waals surface area contributed by atoms with Gasteiger partial charge < -0.3 is 20.1 Å². The van der Waals surface area contributed by atoms with E-state index in [0.717, 1.165) is 18.7 Å². The fourth-order valence-corrected chi connectivity index (χ4v) is 1.64. The minimum absolute atomic E-state index is 0.00962. The van der Waals surface area contributed by atoms with Crippen molar-refractivity contribution in [3.05, 3.63) is 24.3 Å². The Morgan fingerprint density at radius 3 is 2.48 bits per heavy atom. The van der Waals surface area contributed by atoms with Crippen LogP contribution in [0.2, 0.25) is 0 Å². The molecule has 0 spiro atoms. The second-order valence-corrected chi connectivity index (χ2v) is 4.45. The van der Waals surface area contributed by atoms with E-state index >= 15 is 0 Å². The number of hydrogen-bond acceptors (Lipinski definition) is 5. The van der Waals surface area contributed by atoms with Crippen molar-refractivity contribution in [3.8, 4) is 5.75 Å². The van der Waals surface area contributed by atoms with Gasteiger partial charge in [-0.1, -0.05) is 0 Å².